The molecule has 2 N–H and O–H groups in total. The summed E-state index contributed by atoms with van der Waals surface area (Å²) in [6.45, 7) is 9.27. The number of primary amides is 1. The van der Waals surface area contributed by atoms with Gasteiger partial charge >= 0.3 is 0 Å². The van der Waals surface area contributed by atoms with Gasteiger partial charge in [-0.25, -0.2) is 0 Å². The quantitative estimate of drug-likeness (QED) is 0.901. The lowest BCUT2D eigenvalue weighted by Gasteiger charge is -2.32. The van der Waals surface area contributed by atoms with Gasteiger partial charge in [0.2, 0.25) is 5.91 Å². The number of rotatable bonds is 5. The topological polar surface area (TPSA) is 72.6 Å². The van der Waals surface area contributed by atoms with Gasteiger partial charge in [-0.3, -0.25) is 9.59 Å². The number of aryl methyl sites for hydroxylation is 1. The Balaban J connectivity index is 1.95. The molecule has 1 aromatic carbocycles. The fourth-order valence-electron chi connectivity index (χ4n) is 3.27. The molecule has 1 fully saturated rings. The highest BCUT2D eigenvalue weighted by Gasteiger charge is 2.29. The molecular formula is C19H28N2O3. The average molecular weight is 332 g/mol. The minimum absolute atomic E-state index is 0.0384. The number of carbonyl (C=O) groups is 2. The Bertz CT molecular complexity index is 605. The van der Waals surface area contributed by atoms with Gasteiger partial charge in [0.05, 0.1) is 0 Å². The molecule has 1 unspecified atom stereocenters. The van der Waals surface area contributed by atoms with Gasteiger partial charge in [-0.2, -0.15) is 0 Å². The van der Waals surface area contributed by atoms with Crippen molar-refractivity contribution >= 4 is 11.8 Å². The Morgan fingerprint density at radius 3 is 2.33 bits per heavy atom. The van der Waals surface area contributed by atoms with E-state index < -0.39 is 6.10 Å². The Labute approximate surface area is 144 Å². The summed E-state index contributed by atoms with van der Waals surface area (Å²) >= 11 is 0. The number of carbonyl (C=O) groups excluding carboxylic acids is 2. The maximum absolute atomic E-state index is 12.5. The van der Waals surface area contributed by atoms with Gasteiger partial charge in [-0.05, 0) is 55.9 Å². The van der Waals surface area contributed by atoms with Gasteiger partial charge in [-0.1, -0.05) is 19.9 Å². The van der Waals surface area contributed by atoms with Crippen LogP contribution >= 0.6 is 0 Å². The Morgan fingerprint density at radius 2 is 1.83 bits per heavy atom. The lowest BCUT2D eigenvalue weighted by Crippen LogP contribution is -2.46. The molecule has 24 heavy (non-hydrogen) atoms. The number of nitrogens with two attached hydrogens (primary N) is 1. The smallest absolute Gasteiger partial charge is 0.263 e. The summed E-state index contributed by atoms with van der Waals surface area (Å²) in [6.07, 6.45) is 0.728. The second-order valence-electron chi connectivity index (χ2n) is 6.94. The van der Waals surface area contributed by atoms with Crippen LogP contribution in [0.5, 0.6) is 5.75 Å². The van der Waals surface area contributed by atoms with Gasteiger partial charge in [0.25, 0.3) is 5.91 Å². The first-order chi connectivity index (χ1) is 11.3. The van der Waals surface area contributed by atoms with Crippen molar-refractivity contribution in [2.45, 2.75) is 52.6 Å². The molecule has 1 heterocycles. The van der Waals surface area contributed by atoms with Crippen LogP contribution < -0.4 is 10.5 Å². The Kier molecular flexibility index (Phi) is 5.86. The number of likely N-dealkylation sites (tertiary alicyclic amines) is 1. The van der Waals surface area contributed by atoms with Crippen molar-refractivity contribution in [3.8, 4) is 5.75 Å². The van der Waals surface area contributed by atoms with Crippen molar-refractivity contribution in [3.63, 3.8) is 0 Å². The van der Waals surface area contributed by atoms with Crippen molar-refractivity contribution in [2.24, 2.45) is 11.7 Å². The Hall–Kier alpha value is -2.04. The fourth-order valence-corrected chi connectivity index (χ4v) is 3.27. The third-order valence-corrected chi connectivity index (χ3v) is 4.73. The average Bonchev–Trinajstić information content (AvgIpc) is 2.53. The molecule has 132 valence electrons. The number of amides is 2. The number of nitrogens with zero attached hydrogens (tertiary/aromatic N) is 1. The predicted octanol–water partition coefficient (Wildman–Crippen LogP) is 2.61. The van der Waals surface area contributed by atoms with E-state index >= 15 is 0 Å². The van der Waals surface area contributed by atoms with Crippen LogP contribution in [0.1, 0.15) is 50.7 Å². The summed E-state index contributed by atoms with van der Waals surface area (Å²) in [7, 11) is 0. The predicted molar refractivity (Wildman–Crippen MR) is 93.9 cm³/mol. The summed E-state index contributed by atoms with van der Waals surface area (Å²) in [4.78, 5) is 25.5. The van der Waals surface area contributed by atoms with E-state index in [0.717, 1.165) is 0 Å². The molecule has 5 nitrogen and oxygen atoms in total. The van der Waals surface area contributed by atoms with E-state index in [4.69, 9.17) is 10.5 Å². The van der Waals surface area contributed by atoms with Crippen LogP contribution in [-0.4, -0.2) is 35.9 Å². The molecule has 1 aromatic rings. The molecule has 0 bridgehead atoms. The first-order valence-electron chi connectivity index (χ1n) is 8.65. The van der Waals surface area contributed by atoms with Crippen LogP contribution in [-0.2, 0) is 9.59 Å². The zero-order valence-electron chi connectivity index (χ0n) is 15.0. The van der Waals surface area contributed by atoms with Crippen LogP contribution in [0.2, 0.25) is 0 Å². The zero-order chi connectivity index (χ0) is 17.9. The summed E-state index contributed by atoms with van der Waals surface area (Å²) in [5, 5.41) is 0. The van der Waals surface area contributed by atoms with E-state index in [1.165, 1.54) is 11.1 Å². The van der Waals surface area contributed by atoms with E-state index in [2.05, 4.69) is 26.8 Å². The standard InChI is InChI=1S/C19H28N2O3/c1-12(2)17-6-5-16(11-13(17)3)24-14(4)19(23)21-9-7-15(8-10-21)18(20)22/h5-6,11-12,14-15H,7-10H2,1-4H3,(H2,20,22). The van der Waals surface area contributed by atoms with Crippen molar-refractivity contribution < 1.29 is 14.3 Å². The van der Waals surface area contributed by atoms with Crippen molar-refractivity contribution in [1.82, 2.24) is 4.90 Å². The third-order valence-electron chi connectivity index (χ3n) is 4.73. The van der Waals surface area contributed by atoms with Gasteiger partial charge < -0.3 is 15.4 Å². The number of hydrogen-bond acceptors (Lipinski definition) is 3. The molecule has 5 heteroatoms. The first kappa shape index (κ1) is 18.3. The zero-order valence-corrected chi connectivity index (χ0v) is 15.0. The molecule has 2 amide bonds. The van der Waals surface area contributed by atoms with Gasteiger partial charge in [0.1, 0.15) is 5.75 Å². The maximum atomic E-state index is 12.5. The summed E-state index contributed by atoms with van der Waals surface area (Å²) in [6, 6.07) is 5.97. The number of hydrogen-bond donors (Lipinski definition) is 1. The summed E-state index contributed by atoms with van der Waals surface area (Å²) in [5.74, 6) is 0.751. The third kappa shape index (κ3) is 4.28. The van der Waals surface area contributed by atoms with Crippen LogP contribution in [0, 0.1) is 12.8 Å². The number of ether oxygens (including phenoxy) is 1. The maximum Gasteiger partial charge on any atom is 0.263 e. The van der Waals surface area contributed by atoms with Crippen molar-refractivity contribution in [1.29, 1.82) is 0 Å². The van der Waals surface area contributed by atoms with Gasteiger partial charge in [0, 0.05) is 19.0 Å². The second-order valence-corrected chi connectivity index (χ2v) is 6.94. The van der Waals surface area contributed by atoms with E-state index in [0.29, 0.717) is 37.6 Å². The second kappa shape index (κ2) is 7.69. The molecule has 0 saturated carbocycles. The van der Waals surface area contributed by atoms with E-state index in [1.54, 1.807) is 11.8 Å². The minimum Gasteiger partial charge on any atom is -0.481 e. The molecule has 0 radical (unpaired) electrons. The van der Waals surface area contributed by atoms with Gasteiger partial charge in [0.15, 0.2) is 6.10 Å². The lowest BCUT2D eigenvalue weighted by atomic mass is 9.96. The molecule has 0 aliphatic carbocycles. The van der Waals surface area contributed by atoms with Crippen LogP contribution in [0.25, 0.3) is 0 Å². The molecule has 0 aromatic heterocycles. The van der Waals surface area contributed by atoms with Crippen LogP contribution in [0.4, 0.5) is 0 Å². The molecule has 1 aliphatic heterocycles. The van der Waals surface area contributed by atoms with Gasteiger partial charge in [-0.15, -0.1) is 0 Å². The lowest BCUT2D eigenvalue weighted by molar-refractivity contribution is -0.140. The fraction of sp³-hybridized carbons (Fsp3) is 0.579. The van der Waals surface area contributed by atoms with Crippen molar-refractivity contribution in [3.05, 3.63) is 29.3 Å². The van der Waals surface area contributed by atoms with Crippen LogP contribution in [0.3, 0.4) is 0 Å². The molecule has 1 atom stereocenters. The monoisotopic (exact) mass is 332 g/mol. The molecule has 2 rings (SSSR count). The molecule has 0 spiro atoms. The largest absolute Gasteiger partial charge is 0.481 e. The first-order valence-corrected chi connectivity index (χ1v) is 8.65. The molecular weight excluding hydrogens is 304 g/mol. The summed E-state index contributed by atoms with van der Waals surface area (Å²) in [5.41, 5.74) is 7.79. The number of benzene rings is 1. The van der Waals surface area contributed by atoms with E-state index in [1.807, 2.05) is 12.1 Å². The van der Waals surface area contributed by atoms with E-state index in [-0.39, 0.29) is 17.7 Å². The molecule has 1 saturated heterocycles. The summed E-state index contributed by atoms with van der Waals surface area (Å²) < 4.78 is 5.84. The highest BCUT2D eigenvalue weighted by Crippen LogP contribution is 2.25. The Morgan fingerprint density at radius 1 is 1.21 bits per heavy atom. The normalized spacial score (nSPS) is 17.0. The SMILES string of the molecule is Cc1cc(OC(C)C(=O)N2CCC(C(N)=O)CC2)ccc1C(C)C. The number of piperidine rings is 1. The minimum atomic E-state index is -0.542. The van der Waals surface area contributed by atoms with Crippen molar-refractivity contribution in [2.75, 3.05) is 13.1 Å². The molecule has 1 aliphatic rings. The highest BCUT2D eigenvalue weighted by molar-refractivity contribution is 5.82. The van der Waals surface area contributed by atoms with Crippen LogP contribution in [0.15, 0.2) is 18.2 Å². The highest BCUT2D eigenvalue weighted by atomic mass is 16.5. The van der Waals surface area contributed by atoms with E-state index in [9.17, 15) is 9.59 Å².